The van der Waals surface area contributed by atoms with Crippen molar-refractivity contribution in [1.82, 2.24) is 9.80 Å². The Balaban J connectivity index is 1.99. The minimum atomic E-state index is 0.241. The number of piperidine rings is 1. The van der Waals surface area contributed by atoms with Crippen LogP contribution in [0.15, 0.2) is 12.1 Å². The molecular formula is C25H40BN2. The van der Waals surface area contributed by atoms with Crippen molar-refractivity contribution in [3.8, 4) is 0 Å². The molecule has 1 saturated carbocycles. The van der Waals surface area contributed by atoms with E-state index in [-0.39, 0.29) is 10.8 Å². The molecule has 4 rings (SSSR count). The normalized spacial score (nSPS) is 36.8. The van der Waals surface area contributed by atoms with Crippen LogP contribution in [-0.4, -0.2) is 56.2 Å². The molecule has 1 aromatic rings. The SMILES string of the molecule is C[B]CN(C)C1CCC2(C)[C@H]3Cc4ccc(C)c(C)c4[C@@]2(CCN3C)C1(C)C. The number of rotatable bonds is 3. The van der Waals surface area contributed by atoms with Crippen molar-refractivity contribution < 1.29 is 0 Å². The maximum absolute atomic E-state index is 2.69. The van der Waals surface area contributed by atoms with Crippen LogP contribution in [0, 0.1) is 24.7 Å². The summed E-state index contributed by atoms with van der Waals surface area (Å²) in [4.78, 5) is 5.33. The van der Waals surface area contributed by atoms with Gasteiger partial charge < -0.3 is 9.80 Å². The molecule has 3 aliphatic rings. The van der Waals surface area contributed by atoms with Gasteiger partial charge in [-0.25, -0.2) is 0 Å². The van der Waals surface area contributed by atoms with Gasteiger partial charge in [0, 0.05) is 17.5 Å². The monoisotopic (exact) mass is 379 g/mol. The minimum absolute atomic E-state index is 0.241. The molecule has 1 aliphatic heterocycles. The Morgan fingerprint density at radius 1 is 1.18 bits per heavy atom. The Bertz CT molecular complexity index is 772. The molecule has 1 saturated heterocycles. The van der Waals surface area contributed by atoms with Crippen LogP contribution >= 0.6 is 0 Å². The van der Waals surface area contributed by atoms with Crippen LogP contribution in [0.2, 0.25) is 6.82 Å². The van der Waals surface area contributed by atoms with Crippen LogP contribution < -0.4 is 0 Å². The molecule has 0 aromatic heterocycles. The summed E-state index contributed by atoms with van der Waals surface area (Å²) >= 11 is 0. The summed E-state index contributed by atoms with van der Waals surface area (Å²) in [5.41, 5.74) is 7.27. The number of likely N-dealkylation sites (tertiary alicyclic amines) is 1. The Morgan fingerprint density at radius 3 is 2.57 bits per heavy atom. The van der Waals surface area contributed by atoms with Gasteiger partial charge in [0.15, 0.2) is 0 Å². The van der Waals surface area contributed by atoms with E-state index in [2.05, 4.69) is 84.7 Å². The average molecular weight is 379 g/mol. The van der Waals surface area contributed by atoms with Crippen LogP contribution in [0.4, 0.5) is 0 Å². The Hall–Kier alpha value is -0.795. The summed E-state index contributed by atoms with van der Waals surface area (Å²) in [5.74, 6) is 0. The molecule has 2 bridgehead atoms. The lowest BCUT2D eigenvalue weighted by Crippen LogP contribution is -2.74. The molecule has 2 aliphatic carbocycles. The van der Waals surface area contributed by atoms with Crippen molar-refractivity contribution in [2.75, 3.05) is 27.1 Å². The van der Waals surface area contributed by atoms with E-state index in [1.165, 1.54) is 37.8 Å². The second-order valence-corrected chi connectivity index (χ2v) is 10.9. The summed E-state index contributed by atoms with van der Waals surface area (Å²) < 4.78 is 0. The van der Waals surface area contributed by atoms with Gasteiger partial charge in [-0.3, -0.25) is 0 Å². The van der Waals surface area contributed by atoms with Gasteiger partial charge >= 0.3 is 0 Å². The molecule has 1 radical (unpaired) electrons. The van der Waals surface area contributed by atoms with Crippen molar-refractivity contribution in [2.45, 2.75) is 84.6 Å². The number of hydrogen-bond acceptors (Lipinski definition) is 2. The number of nitrogens with zero attached hydrogens (tertiary/aromatic N) is 2. The van der Waals surface area contributed by atoms with E-state index in [4.69, 9.17) is 0 Å². The second kappa shape index (κ2) is 6.60. The van der Waals surface area contributed by atoms with Crippen molar-refractivity contribution in [3.05, 3.63) is 34.4 Å². The van der Waals surface area contributed by atoms with E-state index >= 15 is 0 Å². The third-order valence-electron chi connectivity index (χ3n) is 9.62. The van der Waals surface area contributed by atoms with E-state index in [1.54, 1.807) is 16.7 Å². The zero-order chi connectivity index (χ0) is 20.5. The van der Waals surface area contributed by atoms with E-state index in [1.807, 2.05) is 0 Å². The Labute approximate surface area is 174 Å². The number of hydrogen-bond donors (Lipinski definition) is 0. The first-order valence-electron chi connectivity index (χ1n) is 11.4. The summed E-state index contributed by atoms with van der Waals surface area (Å²) in [7, 11) is 7.05. The van der Waals surface area contributed by atoms with Gasteiger partial charge in [0.2, 0.25) is 0 Å². The van der Waals surface area contributed by atoms with Gasteiger partial charge in [0.1, 0.15) is 7.28 Å². The molecular weight excluding hydrogens is 339 g/mol. The number of aryl methyl sites for hydroxylation is 1. The fourth-order valence-electron chi connectivity index (χ4n) is 8.22. The summed E-state index contributed by atoms with van der Waals surface area (Å²) in [6.07, 6.45) is 6.27. The van der Waals surface area contributed by atoms with Crippen LogP contribution in [-0.2, 0) is 11.8 Å². The zero-order valence-corrected chi connectivity index (χ0v) is 19.5. The third kappa shape index (κ3) is 2.35. The van der Waals surface area contributed by atoms with Gasteiger partial charge in [-0.05, 0) is 99.7 Å². The summed E-state index contributed by atoms with van der Waals surface area (Å²) in [5, 5.41) is 0. The quantitative estimate of drug-likeness (QED) is 0.706. The number of benzene rings is 1. The van der Waals surface area contributed by atoms with Crippen molar-refractivity contribution >= 4 is 7.28 Å². The lowest BCUT2D eigenvalue weighted by Gasteiger charge is -2.73. The molecule has 0 N–H and O–H groups in total. The first kappa shape index (κ1) is 20.5. The number of likely N-dealkylation sites (N-methyl/N-ethyl adjacent to an activating group) is 1. The highest BCUT2D eigenvalue weighted by atomic mass is 15.2. The predicted molar refractivity (Wildman–Crippen MR) is 121 cm³/mol. The first-order valence-corrected chi connectivity index (χ1v) is 11.4. The first-order chi connectivity index (χ1) is 13.1. The highest BCUT2D eigenvalue weighted by Gasteiger charge is 2.69. The fourth-order valence-corrected chi connectivity index (χ4v) is 8.22. The lowest BCUT2D eigenvalue weighted by atomic mass is 9.36. The molecule has 1 aromatic carbocycles. The van der Waals surface area contributed by atoms with Gasteiger partial charge in [-0.2, -0.15) is 0 Å². The van der Waals surface area contributed by atoms with Crippen LogP contribution in [0.25, 0.3) is 0 Å². The smallest absolute Gasteiger partial charge is 0.125 e. The molecule has 0 spiro atoms. The van der Waals surface area contributed by atoms with Crippen LogP contribution in [0.1, 0.15) is 62.3 Å². The minimum Gasteiger partial charge on any atom is -0.311 e. The van der Waals surface area contributed by atoms with Gasteiger partial charge in [0.25, 0.3) is 0 Å². The summed E-state index contributed by atoms with van der Waals surface area (Å²) in [6.45, 7) is 16.0. The maximum atomic E-state index is 2.69. The average Bonchev–Trinajstić information content (AvgIpc) is 2.61. The Kier molecular flexibility index (Phi) is 4.83. The molecule has 2 fully saturated rings. The van der Waals surface area contributed by atoms with Gasteiger partial charge in [0.05, 0.1) is 0 Å². The zero-order valence-electron chi connectivity index (χ0n) is 19.5. The largest absolute Gasteiger partial charge is 0.311 e. The molecule has 3 heteroatoms. The predicted octanol–water partition coefficient (Wildman–Crippen LogP) is 4.64. The van der Waals surface area contributed by atoms with Crippen molar-refractivity contribution in [1.29, 1.82) is 0 Å². The van der Waals surface area contributed by atoms with E-state index in [9.17, 15) is 0 Å². The van der Waals surface area contributed by atoms with Crippen LogP contribution in [0.5, 0.6) is 0 Å². The van der Waals surface area contributed by atoms with Crippen LogP contribution in [0.3, 0.4) is 0 Å². The number of fused-ring (bicyclic) bond motifs is 1. The lowest BCUT2D eigenvalue weighted by molar-refractivity contribution is -0.161. The molecule has 1 heterocycles. The molecule has 2 nitrogen and oxygen atoms in total. The van der Waals surface area contributed by atoms with Gasteiger partial charge in [-0.15, -0.1) is 0 Å². The maximum Gasteiger partial charge on any atom is 0.125 e. The highest BCUT2D eigenvalue weighted by Crippen LogP contribution is 2.69. The molecule has 0 amide bonds. The summed E-state index contributed by atoms with van der Waals surface area (Å²) in [6, 6.07) is 6.13. The van der Waals surface area contributed by atoms with Crippen molar-refractivity contribution in [2.24, 2.45) is 10.8 Å². The molecule has 4 atom stereocenters. The molecule has 28 heavy (non-hydrogen) atoms. The third-order valence-corrected chi connectivity index (χ3v) is 9.62. The van der Waals surface area contributed by atoms with Crippen molar-refractivity contribution in [3.63, 3.8) is 0 Å². The van der Waals surface area contributed by atoms with E-state index in [0.29, 0.717) is 17.5 Å². The highest BCUT2D eigenvalue weighted by molar-refractivity contribution is 6.33. The second-order valence-electron chi connectivity index (χ2n) is 10.9. The standard InChI is InChI=1S/C25H40BN2/c1-17-9-10-19-15-21-24(5)12-11-20(28(8)16-26-6)23(3,4)25(24,13-14-27(21)7)22(19)18(17)2/h9-10,20-21H,11-16H2,1-8H3/t20?,21-,24?,25+/m1/s1. The molecule has 2 unspecified atom stereocenters. The molecule has 153 valence electrons. The van der Waals surface area contributed by atoms with Gasteiger partial charge in [-0.1, -0.05) is 39.7 Å². The van der Waals surface area contributed by atoms with E-state index < -0.39 is 0 Å². The fraction of sp³-hybridized carbons (Fsp3) is 0.760. The Morgan fingerprint density at radius 2 is 1.89 bits per heavy atom. The topological polar surface area (TPSA) is 6.48 Å². The van der Waals surface area contributed by atoms with E-state index in [0.717, 1.165) is 6.44 Å².